The summed E-state index contributed by atoms with van der Waals surface area (Å²) in [4.78, 5) is 6.34. The van der Waals surface area contributed by atoms with E-state index in [0.29, 0.717) is 41.9 Å². The Kier molecular flexibility index (Phi) is 5.31. The van der Waals surface area contributed by atoms with E-state index in [1.165, 1.54) is 35.6 Å². The second kappa shape index (κ2) is 8.15. The second-order valence-electron chi connectivity index (χ2n) is 7.20. The molecule has 8 nitrogen and oxygen atoms in total. The van der Waals surface area contributed by atoms with Gasteiger partial charge in [-0.2, -0.15) is 4.98 Å². The molecule has 0 saturated carbocycles. The van der Waals surface area contributed by atoms with Crippen molar-refractivity contribution in [2.45, 2.75) is 18.2 Å². The molecule has 166 valence electrons. The van der Waals surface area contributed by atoms with Gasteiger partial charge in [0.1, 0.15) is 19.0 Å². The molecule has 0 bridgehead atoms. The zero-order chi connectivity index (χ0) is 22.3. The minimum Gasteiger partial charge on any atom is -0.486 e. The number of rotatable bonds is 6. The third kappa shape index (κ3) is 3.94. The average molecular weight is 475 g/mol. The van der Waals surface area contributed by atoms with Crippen LogP contribution in [0.4, 0.5) is 4.39 Å². The van der Waals surface area contributed by atoms with Crippen LogP contribution >= 0.6 is 11.3 Å². The van der Waals surface area contributed by atoms with Crippen LogP contribution in [0.2, 0.25) is 0 Å². The molecule has 2 aromatic heterocycles. The Hall–Kier alpha value is -3.02. The lowest BCUT2D eigenvalue weighted by atomic mass is 10.2. The lowest BCUT2D eigenvalue weighted by Gasteiger charge is -2.18. The monoisotopic (exact) mass is 474 g/mol. The number of hydrogen-bond acceptors (Lipinski definition) is 7. The SMILES string of the molecule is Cc1c(CCNS(=O)(=O)c2ccc3c(c2)OCCO3)sc2nc(-c3ccc(F)cc3)nn12. The molecule has 2 aromatic carbocycles. The van der Waals surface area contributed by atoms with Crippen LogP contribution in [0, 0.1) is 12.7 Å². The number of halogens is 1. The summed E-state index contributed by atoms with van der Waals surface area (Å²) in [7, 11) is -3.69. The van der Waals surface area contributed by atoms with Crippen LogP contribution < -0.4 is 14.2 Å². The van der Waals surface area contributed by atoms with Crippen LogP contribution in [-0.4, -0.2) is 42.8 Å². The van der Waals surface area contributed by atoms with Crippen LogP contribution in [-0.2, 0) is 16.4 Å². The molecule has 1 N–H and O–H groups in total. The number of hydrogen-bond donors (Lipinski definition) is 1. The fourth-order valence-corrected chi connectivity index (χ4v) is 5.51. The summed E-state index contributed by atoms with van der Waals surface area (Å²) in [6, 6.07) is 10.6. The molecule has 1 aliphatic heterocycles. The lowest BCUT2D eigenvalue weighted by molar-refractivity contribution is 0.171. The van der Waals surface area contributed by atoms with Crippen LogP contribution in [0.15, 0.2) is 47.4 Å². The Labute approximate surface area is 187 Å². The van der Waals surface area contributed by atoms with Gasteiger partial charge in [0.05, 0.1) is 10.6 Å². The zero-order valence-corrected chi connectivity index (χ0v) is 18.7. The smallest absolute Gasteiger partial charge is 0.240 e. The Morgan fingerprint density at radius 2 is 1.88 bits per heavy atom. The Bertz CT molecular complexity index is 1400. The van der Waals surface area contributed by atoms with Crippen LogP contribution in [0.5, 0.6) is 11.5 Å². The number of nitrogens with zero attached hydrogens (tertiary/aromatic N) is 3. The fourth-order valence-electron chi connectivity index (χ4n) is 3.41. The van der Waals surface area contributed by atoms with Crippen molar-refractivity contribution >= 4 is 26.3 Å². The van der Waals surface area contributed by atoms with Gasteiger partial charge in [0, 0.05) is 23.1 Å². The minimum absolute atomic E-state index is 0.130. The number of fused-ring (bicyclic) bond motifs is 2. The molecule has 5 rings (SSSR count). The lowest BCUT2D eigenvalue weighted by Crippen LogP contribution is -2.26. The first-order valence-corrected chi connectivity index (χ1v) is 12.2. The summed E-state index contributed by atoms with van der Waals surface area (Å²) in [5, 5.41) is 4.51. The van der Waals surface area contributed by atoms with Gasteiger partial charge < -0.3 is 9.47 Å². The van der Waals surface area contributed by atoms with Gasteiger partial charge in [0.2, 0.25) is 15.0 Å². The third-order valence-corrected chi connectivity index (χ3v) is 7.74. The summed E-state index contributed by atoms with van der Waals surface area (Å²) in [6.45, 7) is 2.98. The fraction of sp³-hybridized carbons (Fsp3) is 0.238. The van der Waals surface area contributed by atoms with Gasteiger partial charge in [-0.3, -0.25) is 0 Å². The van der Waals surface area contributed by atoms with Gasteiger partial charge in [0.25, 0.3) is 0 Å². The molecule has 0 aliphatic carbocycles. The predicted octanol–water partition coefficient (Wildman–Crippen LogP) is 3.20. The first-order chi connectivity index (χ1) is 15.4. The number of benzene rings is 2. The summed E-state index contributed by atoms with van der Waals surface area (Å²) >= 11 is 1.45. The number of sulfonamides is 1. The minimum atomic E-state index is -3.69. The topological polar surface area (TPSA) is 94.8 Å². The summed E-state index contributed by atoms with van der Waals surface area (Å²) in [5.74, 6) is 1.18. The van der Waals surface area contributed by atoms with Gasteiger partial charge in [-0.05, 0) is 49.7 Å². The maximum Gasteiger partial charge on any atom is 0.240 e. The van der Waals surface area contributed by atoms with E-state index in [2.05, 4.69) is 14.8 Å². The average Bonchev–Trinajstić information content (AvgIpc) is 3.33. The molecule has 3 heterocycles. The molecule has 0 spiro atoms. The van der Waals surface area contributed by atoms with Crippen LogP contribution in [0.1, 0.15) is 10.6 Å². The highest BCUT2D eigenvalue weighted by Gasteiger charge is 2.20. The van der Waals surface area contributed by atoms with E-state index in [1.54, 1.807) is 22.7 Å². The largest absolute Gasteiger partial charge is 0.486 e. The molecule has 0 radical (unpaired) electrons. The highest BCUT2D eigenvalue weighted by Crippen LogP contribution is 2.32. The summed E-state index contributed by atoms with van der Waals surface area (Å²) < 4.78 is 53.8. The molecule has 11 heteroatoms. The van der Waals surface area contributed by atoms with E-state index < -0.39 is 10.0 Å². The van der Waals surface area contributed by atoms with Gasteiger partial charge in [-0.25, -0.2) is 22.0 Å². The van der Waals surface area contributed by atoms with E-state index >= 15 is 0 Å². The molecule has 32 heavy (non-hydrogen) atoms. The van der Waals surface area contributed by atoms with Crippen molar-refractivity contribution in [3.8, 4) is 22.9 Å². The van der Waals surface area contributed by atoms with Crippen molar-refractivity contribution in [2.24, 2.45) is 0 Å². The van der Waals surface area contributed by atoms with E-state index in [-0.39, 0.29) is 17.3 Å². The number of ether oxygens (including phenoxy) is 2. The maximum atomic E-state index is 13.1. The Balaban J connectivity index is 1.28. The summed E-state index contributed by atoms with van der Waals surface area (Å²) in [6.07, 6.45) is 0.497. The standard InChI is InChI=1S/C21H19FN4O4S2/c1-13-19(31-21-24-20(25-26(13)21)14-2-4-15(22)5-3-14)8-9-23-32(27,28)16-6-7-17-18(12-16)30-11-10-29-17/h2-7,12,23H,8-11H2,1H3. The zero-order valence-electron chi connectivity index (χ0n) is 17.0. The molecular weight excluding hydrogens is 455 g/mol. The number of aryl methyl sites for hydroxylation is 1. The number of nitrogens with one attached hydrogen (secondary N) is 1. The van der Waals surface area contributed by atoms with Gasteiger partial charge in [-0.15, -0.1) is 5.10 Å². The maximum absolute atomic E-state index is 13.1. The third-order valence-electron chi connectivity index (χ3n) is 5.08. The second-order valence-corrected chi connectivity index (χ2v) is 10.0. The van der Waals surface area contributed by atoms with Crippen molar-refractivity contribution < 1.29 is 22.3 Å². The molecule has 0 atom stereocenters. The molecule has 0 amide bonds. The van der Waals surface area contributed by atoms with E-state index in [0.717, 1.165) is 16.1 Å². The normalized spacial score (nSPS) is 13.6. The molecule has 0 saturated heterocycles. The molecule has 0 fully saturated rings. The quantitative estimate of drug-likeness (QED) is 0.461. The first-order valence-electron chi connectivity index (χ1n) is 9.91. The van der Waals surface area contributed by atoms with Crippen molar-refractivity contribution in [1.29, 1.82) is 0 Å². The van der Waals surface area contributed by atoms with Gasteiger partial charge >= 0.3 is 0 Å². The Morgan fingerprint density at radius 1 is 1.12 bits per heavy atom. The first kappa shape index (κ1) is 20.9. The highest BCUT2D eigenvalue weighted by molar-refractivity contribution is 7.89. The van der Waals surface area contributed by atoms with Crippen LogP contribution in [0.3, 0.4) is 0 Å². The van der Waals surface area contributed by atoms with Crippen molar-refractivity contribution in [2.75, 3.05) is 19.8 Å². The molecule has 1 aliphatic rings. The van der Waals surface area contributed by atoms with E-state index in [1.807, 2.05) is 6.92 Å². The van der Waals surface area contributed by atoms with Crippen LogP contribution in [0.25, 0.3) is 16.3 Å². The number of aromatic nitrogens is 3. The van der Waals surface area contributed by atoms with Gasteiger partial charge in [0.15, 0.2) is 17.3 Å². The molecular formula is C21H19FN4O4S2. The molecule has 0 unspecified atom stereocenters. The van der Waals surface area contributed by atoms with E-state index in [4.69, 9.17) is 9.47 Å². The number of thiazole rings is 1. The van der Waals surface area contributed by atoms with Gasteiger partial charge in [-0.1, -0.05) is 11.3 Å². The van der Waals surface area contributed by atoms with Crippen molar-refractivity contribution in [3.05, 3.63) is 58.9 Å². The van der Waals surface area contributed by atoms with E-state index in [9.17, 15) is 12.8 Å². The summed E-state index contributed by atoms with van der Waals surface area (Å²) in [5.41, 5.74) is 1.62. The van der Waals surface area contributed by atoms with Crippen molar-refractivity contribution in [1.82, 2.24) is 19.3 Å². The Morgan fingerprint density at radius 3 is 2.62 bits per heavy atom. The molecule has 4 aromatic rings. The van der Waals surface area contributed by atoms with Crippen molar-refractivity contribution in [3.63, 3.8) is 0 Å². The highest BCUT2D eigenvalue weighted by atomic mass is 32.2. The predicted molar refractivity (Wildman–Crippen MR) is 117 cm³/mol.